The SMILES string of the molecule is COc1cc(OCc2ccc(C)cc2)ccc1CN(C)c1nc2ccccc2n2cnc(C)c12. The van der Waals surface area contributed by atoms with Crippen molar-refractivity contribution in [3.63, 3.8) is 0 Å². The third kappa shape index (κ3) is 4.15. The molecular weight excluding hydrogens is 424 g/mol. The lowest BCUT2D eigenvalue weighted by atomic mass is 10.1. The maximum absolute atomic E-state index is 6.01. The lowest BCUT2D eigenvalue weighted by Crippen LogP contribution is -2.19. The Hall–Kier alpha value is -4.06. The average molecular weight is 453 g/mol. The Labute approximate surface area is 199 Å². The Morgan fingerprint density at radius 1 is 0.971 bits per heavy atom. The average Bonchev–Trinajstić information content (AvgIpc) is 3.25. The molecule has 0 aliphatic rings. The monoisotopic (exact) mass is 452 g/mol. The van der Waals surface area contributed by atoms with Crippen molar-refractivity contribution in [1.29, 1.82) is 0 Å². The summed E-state index contributed by atoms with van der Waals surface area (Å²) in [5.74, 6) is 2.45. The van der Waals surface area contributed by atoms with Crippen molar-refractivity contribution in [2.75, 3.05) is 19.1 Å². The number of hydrogen-bond donors (Lipinski definition) is 0. The number of nitrogens with zero attached hydrogens (tertiary/aromatic N) is 4. The lowest BCUT2D eigenvalue weighted by Gasteiger charge is -2.22. The standard InChI is InChI=1S/C28H28N4O2/c1-19-9-11-21(12-10-19)17-34-23-14-13-22(26(15-23)33-4)16-31(3)28-27-20(2)29-18-32(27)25-8-6-5-7-24(25)30-28/h5-15,18H,16-17H2,1-4H3. The van der Waals surface area contributed by atoms with Crippen LogP contribution in [0.15, 0.2) is 73.1 Å². The molecule has 0 aliphatic heterocycles. The second-order valence-corrected chi connectivity index (χ2v) is 8.58. The Balaban J connectivity index is 1.41. The summed E-state index contributed by atoms with van der Waals surface area (Å²) in [5, 5.41) is 0. The molecule has 0 saturated carbocycles. The van der Waals surface area contributed by atoms with Crippen molar-refractivity contribution < 1.29 is 9.47 Å². The fourth-order valence-electron chi connectivity index (χ4n) is 4.21. The van der Waals surface area contributed by atoms with Gasteiger partial charge < -0.3 is 14.4 Å². The summed E-state index contributed by atoms with van der Waals surface area (Å²) in [6.45, 7) is 5.25. The van der Waals surface area contributed by atoms with Crippen LogP contribution in [-0.4, -0.2) is 28.5 Å². The normalized spacial score (nSPS) is 11.2. The molecule has 5 rings (SSSR count). The number of para-hydroxylation sites is 2. The first-order valence-electron chi connectivity index (χ1n) is 11.3. The second kappa shape index (κ2) is 9.06. The van der Waals surface area contributed by atoms with Crippen molar-refractivity contribution in [3.8, 4) is 11.5 Å². The molecule has 2 aromatic heterocycles. The zero-order chi connectivity index (χ0) is 23.7. The van der Waals surface area contributed by atoms with Crippen LogP contribution in [0.5, 0.6) is 11.5 Å². The number of benzene rings is 3. The van der Waals surface area contributed by atoms with Gasteiger partial charge in [-0.1, -0.05) is 42.0 Å². The smallest absolute Gasteiger partial charge is 0.155 e. The van der Waals surface area contributed by atoms with Crippen molar-refractivity contribution in [2.45, 2.75) is 27.0 Å². The molecule has 0 N–H and O–H groups in total. The molecule has 2 heterocycles. The van der Waals surface area contributed by atoms with Crippen LogP contribution in [0.1, 0.15) is 22.4 Å². The molecule has 0 unspecified atom stereocenters. The quantitative estimate of drug-likeness (QED) is 0.316. The Kier molecular flexibility index (Phi) is 5.80. The zero-order valence-corrected chi connectivity index (χ0v) is 19.9. The van der Waals surface area contributed by atoms with Crippen molar-refractivity contribution >= 4 is 22.4 Å². The van der Waals surface area contributed by atoms with E-state index in [1.165, 1.54) is 5.56 Å². The van der Waals surface area contributed by atoms with Crippen LogP contribution in [0.25, 0.3) is 16.6 Å². The summed E-state index contributed by atoms with van der Waals surface area (Å²) in [6, 6.07) is 22.5. The van der Waals surface area contributed by atoms with Gasteiger partial charge in [0.2, 0.25) is 0 Å². The largest absolute Gasteiger partial charge is 0.496 e. The van der Waals surface area contributed by atoms with Crippen LogP contribution in [0, 0.1) is 13.8 Å². The molecule has 0 spiro atoms. The summed E-state index contributed by atoms with van der Waals surface area (Å²) in [4.78, 5) is 11.7. The number of rotatable bonds is 7. The molecule has 6 heteroatoms. The Morgan fingerprint density at radius 3 is 2.56 bits per heavy atom. The predicted octanol–water partition coefficient (Wildman–Crippen LogP) is 5.72. The number of aromatic nitrogens is 3. The molecule has 34 heavy (non-hydrogen) atoms. The van der Waals surface area contributed by atoms with Gasteiger partial charge in [-0.3, -0.25) is 4.40 Å². The van der Waals surface area contributed by atoms with E-state index in [4.69, 9.17) is 14.5 Å². The number of ether oxygens (including phenoxy) is 2. The van der Waals surface area contributed by atoms with Crippen LogP contribution in [0.3, 0.4) is 0 Å². The van der Waals surface area contributed by atoms with Gasteiger partial charge in [0.05, 0.1) is 23.8 Å². The highest BCUT2D eigenvalue weighted by atomic mass is 16.5. The van der Waals surface area contributed by atoms with E-state index in [1.807, 2.05) is 50.6 Å². The van der Waals surface area contributed by atoms with Crippen LogP contribution < -0.4 is 14.4 Å². The van der Waals surface area contributed by atoms with Gasteiger partial charge in [-0.25, -0.2) is 9.97 Å². The van der Waals surface area contributed by atoms with Crippen molar-refractivity contribution in [2.24, 2.45) is 0 Å². The van der Waals surface area contributed by atoms with Gasteiger partial charge in [0, 0.05) is 25.2 Å². The summed E-state index contributed by atoms with van der Waals surface area (Å²) in [6.07, 6.45) is 1.87. The van der Waals surface area contributed by atoms with Crippen LogP contribution in [-0.2, 0) is 13.2 Å². The molecule has 0 aliphatic carbocycles. The highest BCUT2D eigenvalue weighted by Crippen LogP contribution is 2.30. The highest BCUT2D eigenvalue weighted by Gasteiger charge is 2.17. The third-order valence-corrected chi connectivity index (χ3v) is 6.08. The van der Waals surface area contributed by atoms with Crippen LogP contribution in [0.2, 0.25) is 0 Å². The van der Waals surface area contributed by atoms with Gasteiger partial charge in [-0.2, -0.15) is 0 Å². The van der Waals surface area contributed by atoms with Crippen LogP contribution >= 0.6 is 0 Å². The minimum Gasteiger partial charge on any atom is -0.496 e. The number of aryl methyl sites for hydroxylation is 2. The summed E-state index contributed by atoms with van der Waals surface area (Å²) in [7, 11) is 3.74. The lowest BCUT2D eigenvalue weighted by molar-refractivity contribution is 0.303. The third-order valence-electron chi connectivity index (χ3n) is 6.08. The van der Waals surface area contributed by atoms with E-state index in [2.05, 4.69) is 57.6 Å². The van der Waals surface area contributed by atoms with E-state index in [0.717, 1.165) is 50.7 Å². The minimum absolute atomic E-state index is 0.516. The number of imidazole rings is 1. The van der Waals surface area contributed by atoms with Crippen molar-refractivity contribution in [3.05, 3.63) is 95.4 Å². The Morgan fingerprint density at radius 2 is 1.76 bits per heavy atom. The van der Waals surface area contributed by atoms with Gasteiger partial charge in [0.15, 0.2) is 5.82 Å². The Bertz CT molecular complexity index is 1460. The van der Waals surface area contributed by atoms with E-state index in [9.17, 15) is 0 Å². The molecule has 5 aromatic rings. The first-order valence-corrected chi connectivity index (χ1v) is 11.3. The van der Waals surface area contributed by atoms with Gasteiger partial charge in [-0.15, -0.1) is 0 Å². The van der Waals surface area contributed by atoms with Gasteiger partial charge in [-0.05, 0) is 43.7 Å². The molecule has 0 radical (unpaired) electrons. The molecule has 3 aromatic carbocycles. The first kappa shape index (κ1) is 21.8. The molecular formula is C28H28N4O2. The molecule has 0 amide bonds. The molecule has 0 fully saturated rings. The van der Waals surface area contributed by atoms with Crippen molar-refractivity contribution in [1.82, 2.24) is 14.4 Å². The van der Waals surface area contributed by atoms with Crippen LogP contribution in [0.4, 0.5) is 5.82 Å². The highest BCUT2D eigenvalue weighted by molar-refractivity contribution is 5.85. The van der Waals surface area contributed by atoms with E-state index in [-0.39, 0.29) is 0 Å². The van der Waals surface area contributed by atoms with E-state index in [1.54, 1.807) is 7.11 Å². The minimum atomic E-state index is 0.516. The molecule has 6 nitrogen and oxygen atoms in total. The molecule has 0 atom stereocenters. The van der Waals surface area contributed by atoms with E-state index >= 15 is 0 Å². The van der Waals surface area contributed by atoms with Gasteiger partial charge in [0.1, 0.15) is 29.9 Å². The second-order valence-electron chi connectivity index (χ2n) is 8.58. The zero-order valence-electron chi connectivity index (χ0n) is 19.9. The maximum atomic E-state index is 6.01. The number of methoxy groups -OCH3 is 1. The summed E-state index contributed by atoms with van der Waals surface area (Å²) >= 11 is 0. The molecule has 0 bridgehead atoms. The predicted molar refractivity (Wildman–Crippen MR) is 136 cm³/mol. The van der Waals surface area contributed by atoms with Gasteiger partial charge >= 0.3 is 0 Å². The number of anilines is 1. The maximum Gasteiger partial charge on any atom is 0.155 e. The van der Waals surface area contributed by atoms with Gasteiger partial charge in [0.25, 0.3) is 0 Å². The fourth-order valence-corrected chi connectivity index (χ4v) is 4.21. The first-order chi connectivity index (χ1) is 16.5. The number of hydrogen-bond acceptors (Lipinski definition) is 5. The summed E-state index contributed by atoms with van der Waals surface area (Å²) in [5.41, 5.74) is 7.37. The topological polar surface area (TPSA) is 51.9 Å². The summed E-state index contributed by atoms with van der Waals surface area (Å²) < 4.78 is 13.8. The molecule has 0 saturated heterocycles. The number of fused-ring (bicyclic) bond motifs is 3. The van der Waals surface area contributed by atoms with E-state index in [0.29, 0.717) is 13.2 Å². The fraction of sp³-hybridized carbons (Fsp3) is 0.214. The van der Waals surface area contributed by atoms with E-state index < -0.39 is 0 Å². The molecule has 172 valence electrons.